The fraction of sp³-hybridized carbons (Fsp3) is 0.615. The summed E-state index contributed by atoms with van der Waals surface area (Å²) in [7, 11) is 0. The summed E-state index contributed by atoms with van der Waals surface area (Å²) in [5.74, 6) is 0.140. The molecule has 4 rings (SSSR count). The second kappa shape index (κ2) is 10.3. The molecule has 2 amide bonds. The number of carbonyl (C=O) groups excluding carboxylic acids is 2. The summed E-state index contributed by atoms with van der Waals surface area (Å²) < 4.78 is 1.64. The average Bonchev–Trinajstić information content (AvgIpc) is 3.39. The standard InChI is InChI=1S/C26H38N6O2/c1-5-24(33)31-15-14-21-11-9-12-22(30(21)6-2)17-29(16-20-10-7-8-13-23(20)31)25(34)26(3,4)32-19-27-18-28-32/h7-8,10,13,18-19,21-22H,5-6,9,11-12,14-17H2,1-4H3. The molecule has 1 saturated heterocycles. The number of likely N-dealkylation sites (N-methyl/N-ethyl adjacent to an activating group) is 1. The van der Waals surface area contributed by atoms with Gasteiger partial charge in [-0.3, -0.25) is 14.5 Å². The maximum atomic E-state index is 14.0. The van der Waals surface area contributed by atoms with E-state index < -0.39 is 5.54 Å². The van der Waals surface area contributed by atoms with E-state index in [2.05, 4.69) is 28.0 Å². The van der Waals surface area contributed by atoms with E-state index in [1.165, 1.54) is 6.33 Å². The number of hydrogen-bond acceptors (Lipinski definition) is 5. The van der Waals surface area contributed by atoms with E-state index in [1.807, 2.05) is 48.8 Å². The van der Waals surface area contributed by atoms with Crippen LogP contribution >= 0.6 is 0 Å². The van der Waals surface area contributed by atoms with E-state index in [4.69, 9.17) is 0 Å². The second-order valence-electron chi connectivity index (χ2n) is 9.97. The predicted octanol–water partition coefficient (Wildman–Crippen LogP) is 3.43. The van der Waals surface area contributed by atoms with Crippen molar-refractivity contribution in [1.82, 2.24) is 24.6 Å². The van der Waals surface area contributed by atoms with E-state index in [9.17, 15) is 9.59 Å². The molecule has 0 aliphatic carbocycles. The summed E-state index contributed by atoms with van der Waals surface area (Å²) in [6, 6.07) is 8.78. The minimum absolute atomic E-state index is 0.0126. The fourth-order valence-electron chi connectivity index (χ4n) is 5.66. The molecular weight excluding hydrogens is 428 g/mol. The number of anilines is 1. The lowest BCUT2D eigenvalue weighted by Gasteiger charge is -2.44. The number of amides is 2. The molecule has 2 aromatic rings. The van der Waals surface area contributed by atoms with Crippen LogP contribution in [0.1, 0.15) is 65.4 Å². The van der Waals surface area contributed by atoms with Gasteiger partial charge in [0.25, 0.3) is 0 Å². The highest BCUT2D eigenvalue weighted by Crippen LogP contribution is 2.31. The van der Waals surface area contributed by atoms with Gasteiger partial charge in [0, 0.05) is 43.8 Å². The van der Waals surface area contributed by atoms with E-state index in [-0.39, 0.29) is 11.8 Å². The molecule has 0 spiro atoms. The summed E-state index contributed by atoms with van der Waals surface area (Å²) in [5.41, 5.74) is 1.06. The summed E-state index contributed by atoms with van der Waals surface area (Å²) in [6.45, 7) is 10.7. The Kier molecular flexibility index (Phi) is 7.36. The van der Waals surface area contributed by atoms with Gasteiger partial charge in [-0.15, -0.1) is 0 Å². The maximum absolute atomic E-state index is 14.0. The lowest BCUT2D eigenvalue weighted by molar-refractivity contribution is -0.141. The first-order valence-corrected chi connectivity index (χ1v) is 12.6. The van der Waals surface area contributed by atoms with Gasteiger partial charge in [0.05, 0.1) is 0 Å². The minimum atomic E-state index is -0.865. The Labute approximate surface area is 202 Å². The van der Waals surface area contributed by atoms with Crippen molar-refractivity contribution in [2.24, 2.45) is 0 Å². The number of hydrogen-bond donors (Lipinski definition) is 0. The molecule has 0 radical (unpaired) electrons. The molecular formula is C26H38N6O2. The highest BCUT2D eigenvalue weighted by atomic mass is 16.2. The van der Waals surface area contributed by atoms with Crippen LogP contribution in [-0.4, -0.2) is 68.1 Å². The predicted molar refractivity (Wildman–Crippen MR) is 132 cm³/mol. The molecule has 8 heteroatoms. The highest BCUT2D eigenvalue weighted by Gasteiger charge is 2.39. The van der Waals surface area contributed by atoms with Gasteiger partial charge < -0.3 is 9.80 Å². The van der Waals surface area contributed by atoms with Crippen molar-refractivity contribution in [3.05, 3.63) is 42.5 Å². The molecule has 1 fully saturated rings. The zero-order chi connectivity index (χ0) is 24.3. The Morgan fingerprint density at radius 2 is 1.85 bits per heavy atom. The van der Waals surface area contributed by atoms with Gasteiger partial charge in [-0.05, 0) is 51.3 Å². The average molecular weight is 467 g/mol. The molecule has 184 valence electrons. The molecule has 2 atom stereocenters. The lowest BCUT2D eigenvalue weighted by atomic mass is 9.92. The molecule has 2 bridgehead atoms. The van der Waals surface area contributed by atoms with Crippen LogP contribution in [0.25, 0.3) is 0 Å². The first kappa shape index (κ1) is 24.4. The van der Waals surface area contributed by atoms with Crippen LogP contribution in [0.5, 0.6) is 0 Å². The number of nitrogens with zero attached hydrogens (tertiary/aromatic N) is 6. The lowest BCUT2D eigenvalue weighted by Crippen LogP contribution is -2.55. The van der Waals surface area contributed by atoms with Crippen LogP contribution in [0, 0.1) is 0 Å². The molecule has 0 N–H and O–H groups in total. The normalized spacial score (nSPS) is 22.1. The van der Waals surface area contributed by atoms with Gasteiger partial charge in [-0.25, -0.2) is 9.67 Å². The smallest absolute Gasteiger partial charge is 0.250 e. The SMILES string of the molecule is CCC(=O)N1CCC2CCCC(CN(C(=O)C(C)(C)n3cncn3)Cc3ccccc31)N2CC. The number of fused-ring (bicyclic) bond motifs is 3. The van der Waals surface area contributed by atoms with Crippen LogP contribution < -0.4 is 4.90 Å². The van der Waals surface area contributed by atoms with Gasteiger partial charge in [0.15, 0.2) is 0 Å². The minimum Gasteiger partial charge on any atom is -0.335 e. The number of carbonyl (C=O) groups is 2. The molecule has 34 heavy (non-hydrogen) atoms. The van der Waals surface area contributed by atoms with Crippen molar-refractivity contribution >= 4 is 17.5 Å². The van der Waals surface area contributed by atoms with Gasteiger partial charge in [0.1, 0.15) is 18.2 Å². The zero-order valence-electron chi connectivity index (χ0n) is 21.0. The molecule has 8 nitrogen and oxygen atoms in total. The van der Waals surface area contributed by atoms with Crippen LogP contribution in [0.15, 0.2) is 36.9 Å². The van der Waals surface area contributed by atoms with Gasteiger partial charge >= 0.3 is 0 Å². The van der Waals surface area contributed by atoms with Crippen LogP contribution in [0.4, 0.5) is 5.69 Å². The second-order valence-corrected chi connectivity index (χ2v) is 9.97. The number of benzene rings is 1. The molecule has 1 aromatic heterocycles. The van der Waals surface area contributed by atoms with Crippen molar-refractivity contribution in [1.29, 1.82) is 0 Å². The van der Waals surface area contributed by atoms with Crippen molar-refractivity contribution in [2.45, 2.75) is 84.0 Å². The summed E-state index contributed by atoms with van der Waals surface area (Å²) in [6.07, 6.45) is 7.85. The van der Waals surface area contributed by atoms with Crippen molar-refractivity contribution in [2.75, 3.05) is 24.5 Å². The fourth-order valence-corrected chi connectivity index (χ4v) is 5.66. The van der Waals surface area contributed by atoms with Crippen molar-refractivity contribution in [3.63, 3.8) is 0 Å². The topological polar surface area (TPSA) is 74.6 Å². The Morgan fingerprint density at radius 3 is 2.56 bits per heavy atom. The maximum Gasteiger partial charge on any atom is 0.250 e. The largest absolute Gasteiger partial charge is 0.335 e. The Bertz CT molecular complexity index is 989. The summed E-state index contributed by atoms with van der Waals surface area (Å²) in [5, 5.41) is 4.27. The number of piperidine rings is 1. The first-order chi connectivity index (χ1) is 16.4. The first-order valence-electron chi connectivity index (χ1n) is 12.6. The van der Waals surface area contributed by atoms with Crippen LogP contribution in [0.2, 0.25) is 0 Å². The van der Waals surface area contributed by atoms with Gasteiger partial charge in [0.2, 0.25) is 11.8 Å². The molecule has 2 aliphatic heterocycles. The summed E-state index contributed by atoms with van der Waals surface area (Å²) in [4.78, 5) is 37.7. The third kappa shape index (κ3) is 4.73. The molecule has 0 saturated carbocycles. The van der Waals surface area contributed by atoms with E-state index in [0.29, 0.717) is 38.1 Å². The molecule has 1 aromatic carbocycles. The highest BCUT2D eigenvalue weighted by molar-refractivity contribution is 5.94. The molecule has 2 unspecified atom stereocenters. The number of rotatable bonds is 4. The van der Waals surface area contributed by atoms with E-state index in [0.717, 1.165) is 43.5 Å². The quantitative estimate of drug-likeness (QED) is 0.690. The van der Waals surface area contributed by atoms with Gasteiger partial charge in [-0.2, -0.15) is 5.10 Å². The zero-order valence-corrected chi connectivity index (χ0v) is 21.0. The van der Waals surface area contributed by atoms with Crippen LogP contribution in [-0.2, 0) is 21.7 Å². The van der Waals surface area contributed by atoms with Crippen LogP contribution in [0.3, 0.4) is 0 Å². The monoisotopic (exact) mass is 466 g/mol. The Balaban J connectivity index is 1.78. The third-order valence-electron chi connectivity index (χ3n) is 7.54. The van der Waals surface area contributed by atoms with Crippen molar-refractivity contribution in [3.8, 4) is 0 Å². The molecule has 3 heterocycles. The summed E-state index contributed by atoms with van der Waals surface area (Å²) >= 11 is 0. The van der Waals surface area contributed by atoms with E-state index >= 15 is 0 Å². The van der Waals surface area contributed by atoms with Crippen molar-refractivity contribution < 1.29 is 9.59 Å². The Morgan fingerprint density at radius 1 is 1.09 bits per heavy atom. The van der Waals surface area contributed by atoms with Gasteiger partial charge in [-0.1, -0.05) is 38.5 Å². The number of para-hydroxylation sites is 1. The number of aromatic nitrogens is 3. The molecule has 2 aliphatic rings. The Hall–Kier alpha value is -2.74. The van der Waals surface area contributed by atoms with E-state index in [1.54, 1.807) is 11.0 Å². The third-order valence-corrected chi connectivity index (χ3v) is 7.54.